The average molecular weight is 405 g/mol. The molecule has 3 aromatic rings. The number of aromatic nitrogens is 1. The summed E-state index contributed by atoms with van der Waals surface area (Å²) in [6.45, 7) is 5.19. The lowest BCUT2D eigenvalue weighted by Crippen LogP contribution is -2.48. The summed E-state index contributed by atoms with van der Waals surface area (Å²) in [6.07, 6.45) is 2.75. The van der Waals surface area contributed by atoms with E-state index >= 15 is 0 Å². The van der Waals surface area contributed by atoms with Gasteiger partial charge in [-0.25, -0.2) is 0 Å². The van der Waals surface area contributed by atoms with E-state index in [1.165, 1.54) is 5.56 Å². The highest BCUT2D eigenvalue weighted by molar-refractivity contribution is 5.77. The minimum atomic E-state index is 0.181. The zero-order valence-corrected chi connectivity index (χ0v) is 17.5. The number of carbonyl (C=O) groups is 1. The molecule has 6 heteroatoms. The summed E-state index contributed by atoms with van der Waals surface area (Å²) in [6, 6.07) is 16.2. The number of hydrogen-bond donors (Lipinski definition) is 0. The van der Waals surface area contributed by atoms with Crippen LogP contribution in [0.4, 0.5) is 5.69 Å². The number of rotatable bonds is 6. The number of methoxy groups -OCH3 is 1. The summed E-state index contributed by atoms with van der Waals surface area (Å²) < 4.78 is 10.4. The SMILES string of the molecule is COc1ccc(N2CCN(C(=O)CCc3conc3-c3cccc(C)c3)CC2)cc1. The van der Waals surface area contributed by atoms with Crippen molar-refractivity contribution < 1.29 is 14.1 Å². The van der Waals surface area contributed by atoms with Gasteiger partial charge in [0.2, 0.25) is 5.91 Å². The molecule has 6 nitrogen and oxygen atoms in total. The minimum Gasteiger partial charge on any atom is -0.497 e. The van der Waals surface area contributed by atoms with Crippen molar-refractivity contribution in [3.05, 3.63) is 65.9 Å². The lowest BCUT2D eigenvalue weighted by molar-refractivity contribution is -0.131. The summed E-state index contributed by atoms with van der Waals surface area (Å²) >= 11 is 0. The molecule has 156 valence electrons. The predicted molar refractivity (Wildman–Crippen MR) is 117 cm³/mol. The second-order valence-corrected chi connectivity index (χ2v) is 7.62. The molecule has 0 bridgehead atoms. The Balaban J connectivity index is 1.31. The van der Waals surface area contributed by atoms with Gasteiger partial charge in [0.1, 0.15) is 17.7 Å². The van der Waals surface area contributed by atoms with Crippen LogP contribution in [0.15, 0.2) is 59.3 Å². The van der Waals surface area contributed by atoms with Gasteiger partial charge in [0.05, 0.1) is 7.11 Å². The molecule has 4 rings (SSSR count). The van der Waals surface area contributed by atoms with Gasteiger partial charge in [-0.1, -0.05) is 28.9 Å². The quantitative estimate of drug-likeness (QED) is 0.622. The standard InChI is InChI=1S/C24H27N3O3/c1-18-4-3-5-19(16-18)24-20(17-30-25-24)6-11-23(28)27-14-12-26(13-15-27)21-7-9-22(29-2)10-8-21/h3-5,7-10,16-17H,6,11-15H2,1-2H3. The highest BCUT2D eigenvalue weighted by Gasteiger charge is 2.22. The third-order valence-corrected chi connectivity index (χ3v) is 5.61. The van der Waals surface area contributed by atoms with Gasteiger partial charge < -0.3 is 19.1 Å². The highest BCUT2D eigenvalue weighted by Crippen LogP contribution is 2.25. The zero-order chi connectivity index (χ0) is 20.9. The van der Waals surface area contributed by atoms with E-state index in [-0.39, 0.29) is 5.91 Å². The lowest BCUT2D eigenvalue weighted by Gasteiger charge is -2.36. The molecule has 0 unspecified atom stereocenters. The van der Waals surface area contributed by atoms with Crippen molar-refractivity contribution in [3.63, 3.8) is 0 Å². The van der Waals surface area contributed by atoms with E-state index in [1.54, 1.807) is 13.4 Å². The molecular weight excluding hydrogens is 378 g/mol. The van der Waals surface area contributed by atoms with Gasteiger partial charge >= 0.3 is 0 Å². The van der Waals surface area contributed by atoms with Crippen LogP contribution >= 0.6 is 0 Å². The normalized spacial score (nSPS) is 14.1. The molecule has 0 aliphatic carbocycles. The van der Waals surface area contributed by atoms with Gasteiger partial charge in [-0.3, -0.25) is 4.79 Å². The van der Waals surface area contributed by atoms with Gasteiger partial charge in [0.15, 0.2) is 0 Å². The first-order chi connectivity index (χ1) is 14.6. The lowest BCUT2D eigenvalue weighted by atomic mass is 10.0. The van der Waals surface area contributed by atoms with Crippen LogP contribution in [0, 0.1) is 6.92 Å². The van der Waals surface area contributed by atoms with Crippen molar-refractivity contribution in [2.45, 2.75) is 19.8 Å². The average Bonchev–Trinajstić information content (AvgIpc) is 3.26. The van der Waals surface area contributed by atoms with E-state index < -0.39 is 0 Å². The zero-order valence-electron chi connectivity index (χ0n) is 17.5. The number of aryl methyl sites for hydroxylation is 2. The molecule has 1 aliphatic rings. The Bertz CT molecular complexity index is 989. The molecule has 0 atom stereocenters. The predicted octanol–water partition coefficient (Wildman–Crippen LogP) is 3.94. The summed E-state index contributed by atoms with van der Waals surface area (Å²) in [5.74, 6) is 1.03. The van der Waals surface area contributed by atoms with Crippen LogP contribution in [0.5, 0.6) is 5.75 Å². The Labute approximate surface area is 177 Å². The van der Waals surface area contributed by atoms with E-state index in [0.717, 1.165) is 54.4 Å². The van der Waals surface area contributed by atoms with Gasteiger partial charge in [0.25, 0.3) is 0 Å². The first kappa shape index (κ1) is 20.0. The maximum atomic E-state index is 12.8. The Kier molecular flexibility index (Phi) is 6.02. The summed E-state index contributed by atoms with van der Waals surface area (Å²) in [5, 5.41) is 4.16. The fourth-order valence-electron chi connectivity index (χ4n) is 3.87. The summed E-state index contributed by atoms with van der Waals surface area (Å²) in [7, 11) is 1.67. The fourth-order valence-corrected chi connectivity index (χ4v) is 3.87. The maximum absolute atomic E-state index is 12.8. The second kappa shape index (κ2) is 9.03. The molecule has 30 heavy (non-hydrogen) atoms. The number of nitrogens with zero attached hydrogens (tertiary/aromatic N) is 3. The Morgan fingerprint density at radius 3 is 2.57 bits per heavy atom. The van der Waals surface area contributed by atoms with Crippen LogP contribution in [-0.4, -0.2) is 49.3 Å². The molecular formula is C24H27N3O3. The van der Waals surface area contributed by atoms with E-state index in [2.05, 4.69) is 41.2 Å². The number of ether oxygens (including phenoxy) is 1. The van der Waals surface area contributed by atoms with E-state index in [9.17, 15) is 4.79 Å². The molecule has 2 aromatic carbocycles. The van der Waals surface area contributed by atoms with Crippen LogP contribution in [0.3, 0.4) is 0 Å². The fraction of sp³-hybridized carbons (Fsp3) is 0.333. The van der Waals surface area contributed by atoms with E-state index in [0.29, 0.717) is 12.8 Å². The number of anilines is 1. The largest absolute Gasteiger partial charge is 0.497 e. The Morgan fingerprint density at radius 1 is 1.10 bits per heavy atom. The van der Waals surface area contributed by atoms with Crippen LogP contribution in [-0.2, 0) is 11.2 Å². The number of benzene rings is 2. The molecule has 1 fully saturated rings. The number of hydrogen-bond acceptors (Lipinski definition) is 5. The Hall–Kier alpha value is -3.28. The van der Waals surface area contributed by atoms with Crippen LogP contribution < -0.4 is 9.64 Å². The molecule has 0 saturated carbocycles. The van der Waals surface area contributed by atoms with E-state index in [4.69, 9.17) is 9.26 Å². The van der Waals surface area contributed by atoms with Gasteiger partial charge in [-0.2, -0.15) is 0 Å². The van der Waals surface area contributed by atoms with Gasteiger partial charge in [0, 0.05) is 49.4 Å². The Morgan fingerprint density at radius 2 is 1.87 bits per heavy atom. The first-order valence-electron chi connectivity index (χ1n) is 10.3. The van der Waals surface area contributed by atoms with Gasteiger partial charge in [-0.05, 0) is 43.7 Å². The molecule has 1 aliphatic heterocycles. The molecule has 1 saturated heterocycles. The third kappa shape index (κ3) is 4.48. The van der Waals surface area contributed by atoms with Crippen molar-refractivity contribution >= 4 is 11.6 Å². The van der Waals surface area contributed by atoms with Crippen LogP contribution in [0.1, 0.15) is 17.5 Å². The highest BCUT2D eigenvalue weighted by atomic mass is 16.5. The number of amides is 1. The topological polar surface area (TPSA) is 58.8 Å². The van der Waals surface area contributed by atoms with Crippen LogP contribution in [0.25, 0.3) is 11.3 Å². The monoisotopic (exact) mass is 405 g/mol. The van der Waals surface area contributed by atoms with Crippen molar-refractivity contribution in [1.82, 2.24) is 10.1 Å². The maximum Gasteiger partial charge on any atom is 0.223 e. The molecule has 1 aromatic heterocycles. The second-order valence-electron chi connectivity index (χ2n) is 7.62. The summed E-state index contributed by atoms with van der Waals surface area (Å²) in [5.41, 5.74) is 5.17. The van der Waals surface area contributed by atoms with Crippen molar-refractivity contribution in [3.8, 4) is 17.0 Å². The van der Waals surface area contributed by atoms with Crippen molar-refractivity contribution in [2.75, 3.05) is 38.2 Å². The minimum absolute atomic E-state index is 0.181. The van der Waals surface area contributed by atoms with Crippen molar-refractivity contribution in [2.24, 2.45) is 0 Å². The molecule has 2 heterocycles. The molecule has 0 radical (unpaired) electrons. The third-order valence-electron chi connectivity index (χ3n) is 5.61. The first-order valence-corrected chi connectivity index (χ1v) is 10.3. The smallest absolute Gasteiger partial charge is 0.223 e. The number of carbonyl (C=O) groups excluding carboxylic acids is 1. The van der Waals surface area contributed by atoms with Crippen molar-refractivity contribution in [1.29, 1.82) is 0 Å². The molecule has 1 amide bonds. The van der Waals surface area contributed by atoms with Gasteiger partial charge in [-0.15, -0.1) is 0 Å². The van der Waals surface area contributed by atoms with E-state index in [1.807, 2.05) is 29.2 Å². The molecule has 0 spiro atoms. The van der Waals surface area contributed by atoms with Crippen LogP contribution in [0.2, 0.25) is 0 Å². The number of piperazine rings is 1. The summed E-state index contributed by atoms with van der Waals surface area (Å²) in [4.78, 5) is 17.0. The molecule has 0 N–H and O–H groups in total.